The van der Waals surface area contributed by atoms with Crippen LogP contribution in [0.15, 0.2) is 42.5 Å². The molecule has 0 aliphatic carbocycles. The molecular formula is C21H28N4S. The molecule has 138 valence electrons. The Balaban J connectivity index is 1.55. The van der Waals surface area contributed by atoms with Gasteiger partial charge in [0.2, 0.25) is 0 Å². The smallest absolute Gasteiger partial charge is 0.173 e. The number of aromatic nitrogens is 1. The average Bonchev–Trinajstić information content (AvgIpc) is 2.87. The Morgan fingerprint density at radius 3 is 2.77 bits per heavy atom. The monoisotopic (exact) mass is 368 g/mol. The summed E-state index contributed by atoms with van der Waals surface area (Å²) in [7, 11) is 0. The van der Waals surface area contributed by atoms with Crippen molar-refractivity contribution in [1.29, 1.82) is 0 Å². The van der Waals surface area contributed by atoms with E-state index in [0.29, 0.717) is 0 Å². The van der Waals surface area contributed by atoms with Gasteiger partial charge >= 0.3 is 0 Å². The summed E-state index contributed by atoms with van der Waals surface area (Å²) in [6.07, 6.45) is 2.15. The molecule has 2 heterocycles. The van der Waals surface area contributed by atoms with E-state index in [-0.39, 0.29) is 0 Å². The second kappa shape index (κ2) is 9.10. The van der Waals surface area contributed by atoms with E-state index in [1.165, 1.54) is 5.56 Å². The van der Waals surface area contributed by atoms with Gasteiger partial charge < -0.3 is 10.2 Å². The van der Waals surface area contributed by atoms with Crippen molar-refractivity contribution in [3.05, 3.63) is 59.4 Å². The number of hydrogen-bond acceptors (Lipinski definition) is 3. The van der Waals surface area contributed by atoms with Gasteiger partial charge in [-0.3, -0.25) is 9.88 Å². The maximum Gasteiger partial charge on any atom is 0.173 e. The summed E-state index contributed by atoms with van der Waals surface area (Å²) in [6.45, 7) is 9.16. The third-order valence-electron chi connectivity index (χ3n) is 4.79. The van der Waals surface area contributed by atoms with Gasteiger partial charge in [0.1, 0.15) is 0 Å². The Labute approximate surface area is 162 Å². The number of benzene rings is 1. The van der Waals surface area contributed by atoms with Crippen LogP contribution in [0.2, 0.25) is 0 Å². The summed E-state index contributed by atoms with van der Waals surface area (Å²) in [4.78, 5) is 9.39. The summed E-state index contributed by atoms with van der Waals surface area (Å²) >= 11 is 5.67. The Hall–Kier alpha value is -1.98. The number of nitrogens with zero attached hydrogens (tertiary/aromatic N) is 3. The maximum absolute atomic E-state index is 5.67. The fourth-order valence-electron chi connectivity index (χ4n) is 3.32. The van der Waals surface area contributed by atoms with Crippen molar-refractivity contribution in [2.75, 3.05) is 31.5 Å². The molecule has 0 unspecified atom stereocenters. The summed E-state index contributed by atoms with van der Waals surface area (Å²) in [5, 5.41) is 4.24. The minimum Gasteiger partial charge on any atom is -0.348 e. The molecule has 4 nitrogen and oxygen atoms in total. The van der Waals surface area contributed by atoms with Crippen molar-refractivity contribution in [3.8, 4) is 0 Å². The lowest BCUT2D eigenvalue weighted by Gasteiger charge is -2.24. The lowest BCUT2D eigenvalue weighted by Crippen LogP contribution is -2.37. The highest BCUT2D eigenvalue weighted by atomic mass is 32.1. The third kappa shape index (κ3) is 5.26. The van der Waals surface area contributed by atoms with Gasteiger partial charge in [0.05, 0.1) is 5.69 Å². The molecule has 1 saturated heterocycles. The van der Waals surface area contributed by atoms with Crippen molar-refractivity contribution >= 4 is 23.0 Å². The number of pyridine rings is 1. The Bertz CT molecular complexity index is 746. The van der Waals surface area contributed by atoms with Gasteiger partial charge in [-0.25, -0.2) is 0 Å². The molecule has 2 aromatic rings. The van der Waals surface area contributed by atoms with Crippen LogP contribution in [-0.4, -0.2) is 46.1 Å². The zero-order valence-corrected chi connectivity index (χ0v) is 16.6. The van der Waals surface area contributed by atoms with Crippen molar-refractivity contribution in [3.63, 3.8) is 0 Å². The molecule has 0 bridgehead atoms. The molecule has 3 rings (SSSR count). The van der Waals surface area contributed by atoms with E-state index < -0.39 is 0 Å². The molecule has 1 aromatic heterocycles. The van der Waals surface area contributed by atoms with Crippen LogP contribution in [0.3, 0.4) is 0 Å². The van der Waals surface area contributed by atoms with E-state index >= 15 is 0 Å². The van der Waals surface area contributed by atoms with Gasteiger partial charge in [-0.1, -0.05) is 25.1 Å². The number of rotatable bonds is 4. The Morgan fingerprint density at radius 2 is 1.96 bits per heavy atom. The van der Waals surface area contributed by atoms with Crippen molar-refractivity contribution in [2.24, 2.45) is 0 Å². The lowest BCUT2D eigenvalue weighted by atomic mass is 10.1. The van der Waals surface area contributed by atoms with Crippen LogP contribution in [0.1, 0.15) is 30.3 Å². The molecule has 5 heteroatoms. The average molecular weight is 369 g/mol. The zero-order chi connectivity index (χ0) is 18.4. The standard InChI is InChI=1S/C21H28N4S/c1-3-18-8-5-9-19(15-18)23-21(26)25-12-6-11-24(13-14-25)16-20-10-4-7-17(2)22-20/h4-5,7-10,15H,3,6,11-14,16H2,1-2H3,(H,23,26). The molecule has 1 aliphatic heterocycles. The normalized spacial score (nSPS) is 15.5. The number of nitrogens with one attached hydrogen (secondary N) is 1. The predicted molar refractivity (Wildman–Crippen MR) is 112 cm³/mol. The molecule has 0 saturated carbocycles. The number of aryl methyl sites for hydroxylation is 2. The van der Waals surface area contributed by atoms with Gasteiger partial charge in [0.15, 0.2) is 5.11 Å². The molecule has 1 fully saturated rings. The van der Waals surface area contributed by atoms with E-state index in [2.05, 4.69) is 63.4 Å². The summed E-state index contributed by atoms with van der Waals surface area (Å²) < 4.78 is 0. The zero-order valence-electron chi connectivity index (χ0n) is 15.7. The van der Waals surface area contributed by atoms with Crippen LogP contribution >= 0.6 is 12.2 Å². The second-order valence-electron chi connectivity index (χ2n) is 6.87. The minimum atomic E-state index is 0.828. The van der Waals surface area contributed by atoms with Crippen molar-refractivity contribution < 1.29 is 0 Å². The largest absolute Gasteiger partial charge is 0.348 e. The van der Waals surface area contributed by atoms with Crippen LogP contribution in [0.25, 0.3) is 0 Å². The highest BCUT2D eigenvalue weighted by Gasteiger charge is 2.17. The lowest BCUT2D eigenvalue weighted by molar-refractivity contribution is 0.275. The van der Waals surface area contributed by atoms with Crippen LogP contribution in [0.5, 0.6) is 0 Å². The Kier molecular flexibility index (Phi) is 6.58. The van der Waals surface area contributed by atoms with Gasteiger partial charge in [0, 0.05) is 44.1 Å². The third-order valence-corrected chi connectivity index (χ3v) is 5.15. The van der Waals surface area contributed by atoms with Crippen LogP contribution in [0, 0.1) is 6.92 Å². The summed E-state index contributed by atoms with van der Waals surface area (Å²) in [5.74, 6) is 0. The fraction of sp³-hybridized carbons (Fsp3) is 0.429. The first kappa shape index (κ1) is 18.8. The van der Waals surface area contributed by atoms with Crippen LogP contribution < -0.4 is 5.32 Å². The minimum absolute atomic E-state index is 0.828. The highest BCUT2D eigenvalue weighted by Crippen LogP contribution is 2.14. The molecule has 1 N–H and O–H groups in total. The Morgan fingerprint density at radius 1 is 1.12 bits per heavy atom. The molecule has 26 heavy (non-hydrogen) atoms. The predicted octanol–water partition coefficient (Wildman–Crippen LogP) is 3.86. The number of thiocarbonyl (C=S) groups is 1. The van der Waals surface area contributed by atoms with Crippen LogP contribution in [-0.2, 0) is 13.0 Å². The number of hydrogen-bond donors (Lipinski definition) is 1. The molecule has 0 spiro atoms. The van der Waals surface area contributed by atoms with E-state index in [4.69, 9.17) is 12.2 Å². The molecule has 0 radical (unpaired) electrons. The van der Waals surface area contributed by atoms with E-state index in [9.17, 15) is 0 Å². The molecule has 1 aliphatic rings. The van der Waals surface area contributed by atoms with Gasteiger partial charge in [-0.2, -0.15) is 0 Å². The topological polar surface area (TPSA) is 31.4 Å². The van der Waals surface area contributed by atoms with Crippen molar-refractivity contribution in [1.82, 2.24) is 14.8 Å². The highest BCUT2D eigenvalue weighted by molar-refractivity contribution is 7.80. The first-order valence-corrected chi connectivity index (χ1v) is 9.84. The SMILES string of the molecule is CCc1cccc(NC(=S)N2CCCN(Cc3cccc(C)n3)CC2)c1. The number of anilines is 1. The molecule has 0 atom stereocenters. The van der Waals surface area contributed by atoms with Crippen molar-refractivity contribution in [2.45, 2.75) is 33.2 Å². The van der Waals surface area contributed by atoms with E-state index in [0.717, 1.165) is 67.8 Å². The molecule has 1 aromatic carbocycles. The van der Waals surface area contributed by atoms with Crippen LogP contribution in [0.4, 0.5) is 5.69 Å². The second-order valence-corrected chi connectivity index (χ2v) is 7.26. The fourth-order valence-corrected chi connectivity index (χ4v) is 3.62. The van der Waals surface area contributed by atoms with E-state index in [1.807, 2.05) is 13.0 Å². The van der Waals surface area contributed by atoms with Gasteiger partial charge in [-0.05, 0) is 61.8 Å². The quantitative estimate of drug-likeness (QED) is 0.829. The van der Waals surface area contributed by atoms with Gasteiger partial charge in [0.25, 0.3) is 0 Å². The van der Waals surface area contributed by atoms with Gasteiger partial charge in [-0.15, -0.1) is 0 Å². The van der Waals surface area contributed by atoms with E-state index in [1.54, 1.807) is 0 Å². The maximum atomic E-state index is 5.67. The molecule has 0 amide bonds. The summed E-state index contributed by atoms with van der Waals surface area (Å²) in [5.41, 5.74) is 4.64. The first-order valence-electron chi connectivity index (χ1n) is 9.44. The first-order chi connectivity index (χ1) is 12.6. The molecular weight excluding hydrogens is 340 g/mol. The summed E-state index contributed by atoms with van der Waals surface area (Å²) in [6, 6.07) is 14.7.